The summed E-state index contributed by atoms with van der Waals surface area (Å²) in [5.41, 5.74) is 18.9. The molecule has 0 spiro atoms. The van der Waals surface area contributed by atoms with Crippen LogP contribution in [-0.4, -0.2) is 0 Å². The maximum Gasteiger partial charge on any atom is 0.0614 e. The highest BCUT2D eigenvalue weighted by Gasteiger charge is 2.33. The van der Waals surface area contributed by atoms with Crippen LogP contribution in [0.5, 0.6) is 0 Å². The molecule has 0 amide bonds. The fourth-order valence-electron chi connectivity index (χ4n) is 10.1. The van der Waals surface area contributed by atoms with Crippen LogP contribution in [0.4, 0.5) is 0 Å². The van der Waals surface area contributed by atoms with Gasteiger partial charge in [-0.05, 0) is 122 Å². The number of allylic oxidation sites excluding steroid dienone is 17. The molecule has 6 aliphatic rings. The zero-order valence-corrected chi connectivity index (χ0v) is 33.1. The largest absolute Gasteiger partial charge is 0.377 e. The van der Waals surface area contributed by atoms with Gasteiger partial charge in [-0.3, -0.25) is 0 Å². The summed E-state index contributed by atoms with van der Waals surface area (Å²) in [7, 11) is 0. The van der Waals surface area contributed by atoms with E-state index in [1.165, 1.54) is 74.2 Å². The molecule has 0 radical (unpaired) electrons. The predicted molar refractivity (Wildman–Crippen MR) is 232 cm³/mol. The summed E-state index contributed by atoms with van der Waals surface area (Å²) in [5, 5.41) is 4.31. The third-order valence-electron chi connectivity index (χ3n) is 13.0. The Hall–Kier alpha value is -4.62. The first-order valence-corrected chi connectivity index (χ1v) is 21.1. The van der Waals surface area contributed by atoms with Gasteiger partial charge in [0, 0.05) is 29.0 Å². The summed E-state index contributed by atoms with van der Waals surface area (Å²) >= 11 is 0. The van der Waals surface area contributed by atoms with Gasteiger partial charge in [-0.25, -0.2) is 0 Å². The maximum atomic E-state index is 4.31. The standard InChI is InChI=1S/C53H59N/c1-5-16-45-34-47(44-26-25-39-20-12-13-21-40(39)31-44)35-50(52(45)48-23-14-11-17-36(48)4)51(7-3)54-53(49-24-15-22-37(49)6-2)46-30-29-42-32-41(27-28-43(42)33-46)38-18-9-8-10-19-38/h7-9,11-15,17-18,20-24,29-33,35,39-40,47,49,53-54H,5-6,10,16,19,25-28,34H2,1-4H3. The van der Waals surface area contributed by atoms with Crippen LogP contribution in [-0.2, 0) is 6.42 Å². The minimum absolute atomic E-state index is 0.130. The summed E-state index contributed by atoms with van der Waals surface area (Å²) in [6.07, 6.45) is 44.9. The topological polar surface area (TPSA) is 12.0 Å². The van der Waals surface area contributed by atoms with Gasteiger partial charge in [0.1, 0.15) is 0 Å². The summed E-state index contributed by atoms with van der Waals surface area (Å²) in [5.74, 6) is 1.90. The van der Waals surface area contributed by atoms with Crippen molar-refractivity contribution in [1.82, 2.24) is 5.32 Å². The molecule has 1 N–H and O–H groups in total. The second kappa shape index (κ2) is 16.4. The molecule has 276 valence electrons. The third-order valence-corrected chi connectivity index (χ3v) is 13.0. The van der Waals surface area contributed by atoms with Gasteiger partial charge in [-0.15, -0.1) is 0 Å². The van der Waals surface area contributed by atoms with Gasteiger partial charge in [0.15, 0.2) is 0 Å². The lowest BCUT2D eigenvalue weighted by atomic mass is 9.70. The summed E-state index contributed by atoms with van der Waals surface area (Å²) in [6, 6.07) is 16.6. The highest BCUT2D eigenvalue weighted by molar-refractivity contribution is 5.88. The van der Waals surface area contributed by atoms with Crippen LogP contribution in [0.15, 0.2) is 161 Å². The second-order valence-corrected chi connectivity index (χ2v) is 16.3. The van der Waals surface area contributed by atoms with E-state index >= 15 is 0 Å². The van der Waals surface area contributed by atoms with E-state index in [-0.39, 0.29) is 6.04 Å². The average Bonchev–Trinajstić information content (AvgIpc) is 3.70. The van der Waals surface area contributed by atoms with Crippen molar-refractivity contribution in [3.05, 3.63) is 188 Å². The van der Waals surface area contributed by atoms with E-state index in [1.54, 1.807) is 11.1 Å². The number of hydrogen-bond donors (Lipinski definition) is 1. The Morgan fingerprint density at radius 1 is 0.889 bits per heavy atom. The molecule has 2 aromatic rings. The molecule has 8 rings (SSSR count). The van der Waals surface area contributed by atoms with Crippen LogP contribution in [0.2, 0.25) is 0 Å². The van der Waals surface area contributed by atoms with Gasteiger partial charge >= 0.3 is 0 Å². The molecular weight excluding hydrogens is 651 g/mol. The normalized spacial score (nSPS) is 25.3. The molecule has 5 unspecified atom stereocenters. The molecule has 2 aromatic carbocycles. The van der Waals surface area contributed by atoms with Crippen LogP contribution in [0.3, 0.4) is 0 Å². The Morgan fingerprint density at radius 3 is 2.59 bits per heavy atom. The molecular formula is C53H59N. The van der Waals surface area contributed by atoms with E-state index < -0.39 is 0 Å². The monoisotopic (exact) mass is 709 g/mol. The predicted octanol–water partition coefficient (Wildman–Crippen LogP) is 13.9. The smallest absolute Gasteiger partial charge is 0.0614 e. The van der Waals surface area contributed by atoms with Gasteiger partial charge in [-0.2, -0.15) is 0 Å². The molecule has 6 aliphatic carbocycles. The number of hydrogen-bond acceptors (Lipinski definition) is 1. The highest BCUT2D eigenvalue weighted by Crippen LogP contribution is 2.47. The lowest BCUT2D eigenvalue weighted by Gasteiger charge is -2.36. The molecule has 0 aliphatic heterocycles. The first-order valence-electron chi connectivity index (χ1n) is 21.1. The maximum absolute atomic E-state index is 4.31. The Bertz CT molecular complexity index is 2110. The quantitative estimate of drug-likeness (QED) is 0.229. The lowest BCUT2D eigenvalue weighted by molar-refractivity contribution is 0.458. The van der Waals surface area contributed by atoms with E-state index in [1.807, 2.05) is 0 Å². The van der Waals surface area contributed by atoms with Crippen molar-refractivity contribution < 1.29 is 0 Å². The molecule has 1 nitrogen and oxygen atoms in total. The number of rotatable bonds is 11. The molecule has 54 heavy (non-hydrogen) atoms. The second-order valence-electron chi connectivity index (χ2n) is 16.3. The fourth-order valence-corrected chi connectivity index (χ4v) is 10.1. The highest BCUT2D eigenvalue weighted by atomic mass is 14.9. The molecule has 0 heterocycles. The van der Waals surface area contributed by atoms with E-state index in [0.717, 1.165) is 51.4 Å². The van der Waals surface area contributed by atoms with Gasteiger partial charge in [0.05, 0.1) is 6.04 Å². The Morgan fingerprint density at radius 2 is 1.78 bits per heavy atom. The van der Waals surface area contributed by atoms with E-state index in [4.69, 9.17) is 0 Å². The molecule has 0 saturated heterocycles. The lowest BCUT2D eigenvalue weighted by Crippen LogP contribution is -2.30. The minimum atomic E-state index is 0.130. The van der Waals surface area contributed by atoms with Crippen LogP contribution in [0.1, 0.15) is 112 Å². The van der Waals surface area contributed by atoms with Gasteiger partial charge < -0.3 is 5.32 Å². The average molecular weight is 710 g/mol. The van der Waals surface area contributed by atoms with E-state index in [2.05, 4.69) is 161 Å². The zero-order valence-electron chi connectivity index (χ0n) is 33.1. The molecule has 0 bridgehead atoms. The molecule has 0 fully saturated rings. The Labute approximate surface area is 325 Å². The molecule has 0 saturated carbocycles. The Kier molecular flexibility index (Phi) is 11.0. The fraction of sp³-hybridized carbons (Fsp3) is 0.358. The number of nitrogens with one attached hydrogen (secondary N) is 1. The van der Waals surface area contributed by atoms with Crippen molar-refractivity contribution in [3.63, 3.8) is 0 Å². The van der Waals surface area contributed by atoms with Crippen molar-refractivity contribution in [2.75, 3.05) is 0 Å². The number of fused-ring (bicyclic) bond motifs is 2. The first kappa shape index (κ1) is 36.4. The van der Waals surface area contributed by atoms with Crippen molar-refractivity contribution in [2.24, 2.45) is 23.7 Å². The van der Waals surface area contributed by atoms with Crippen LogP contribution >= 0.6 is 0 Å². The van der Waals surface area contributed by atoms with Gasteiger partial charge in [0.25, 0.3) is 0 Å². The zero-order chi connectivity index (χ0) is 37.0. The number of benzene rings is 2. The SMILES string of the molecule is CC=C(NC(c1ccc2c(c1)CCC(C1=CC=CCC1)=C2)C1C=CC=C1CC)C1=CC(C2=CC3C=CC=CC3CC2)CC(CCC)=C1c1ccccc1C. The van der Waals surface area contributed by atoms with Crippen LogP contribution in [0.25, 0.3) is 11.6 Å². The van der Waals surface area contributed by atoms with E-state index in [0.29, 0.717) is 23.7 Å². The van der Waals surface area contributed by atoms with Crippen molar-refractivity contribution >= 4 is 11.6 Å². The molecule has 1 heteroatoms. The van der Waals surface area contributed by atoms with Crippen LogP contribution < -0.4 is 5.32 Å². The molecule has 0 aromatic heterocycles. The number of aryl methyl sites for hydroxylation is 2. The van der Waals surface area contributed by atoms with Gasteiger partial charge in [-0.1, -0.05) is 165 Å². The summed E-state index contributed by atoms with van der Waals surface area (Å²) < 4.78 is 0. The minimum Gasteiger partial charge on any atom is -0.377 e. The van der Waals surface area contributed by atoms with Gasteiger partial charge in [0.2, 0.25) is 0 Å². The van der Waals surface area contributed by atoms with Crippen LogP contribution in [0, 0.1) is 30.6 Å². The molecule has 5 atom stereocenters. The van der Waals surface area contributed by atoms with E-state index in [9.17, 15) is 0 Å². The first-order chi connectivity index (χ1) is 26.5. The summed E-state index contributed by atoms with van der Waals surface area (Å²) in [6.45, 7) is 9.21. The van der Waals surface area contributed by atoms with Crippen molar-refractivity contribution in [3.8, 4) is 0 Å². The Balaban J connectivity index is 1.20. The van der Waals surface area contributed by atoms with Crippen molar-refractivity contribution in [2.45, 2.75) is 97.9 Å². The van der Waals surface area contributed by atoms with Crippen molar-refractivity contribution in [1.29, 1.82) is 0 Å². The third kappa shape index (κ3) is 7.40. The summed E-state index contributed by atoms with van der Waals surface area (Å²) in [4.78, 5) is 0.